The molecule has 398 valence electrons. The SMILES string of the molecule is Cn1cnc(NC(=O)c2cc(NC(=O)CCNC(=O)c3nc(NC(=O)CCCNC(=O)c4cc(NC(=O)c5nc(NC(=O)CCNC(=O)c6cc(NC(=O)c7nccn7C)cn6C)cn5C)cn4C)cn3C)cn2C)c1. The molecule has 0 aliphatic heterocycles. The van der Waals surface area contributed by atoms with E-state index in [1.807, 2.05) is 0 Å². The lowest BCUT2D eigenvalue weighted by Crippen LogP contribution is -2.29. The number of amides is 9. The van der Waals surface area contributed by atoms with Crippen molar-refractivity contribution >= 4 is 87.7 Å². The second-order valence-corrected chi connectivity index (χ2v) is 17.5. The fourth-order valence-corrected chi connectivity index (χ4v) is 7.59. The Morgan fingerprint density at radius 2 is 0.868 bits per heavy atom. The van der Waals surface area contributed by atoms with Crippen molar-refractivity contribution in [2.24, 2.45) is 49.3 Å². The van der Waals surface area contributed by atoms with Crippen molar-refractivity contribution in [3.63, 3.8) is 0 Å². The van der Waals surface area contributed by atoms with Crippen LogP contribution in [0.3, 0.4) is 0 Å². The summed E-state index contributed by atoms with van der Waals surface area (Å²) in [6.45, 7) is 0.0865. The minimum Gasteiger partial charge on any atom is -0.351 e. The van der Waals surface area contributed by atoms with E-state index < -0.39 is 53.2 Å². The number of nitrogens with zero attached hydrogens (tertiary/aromatic N) is 11. The molecule has 0 atom stereocenters. The van der Waals surface area contributed by atoms with Crippen LogP contribution in [0.2, 0.25) is 0 Å². The van der Waals surface area contributed by atoms with Gasteiger partial charge in [-0.2, -0.15) is 0 Å². The Kier molecular flexibility index (Phi) is 16.7. The zero-order valence-electron chi connectivity index (χ0n) is 42.5. The second-order valence-electron chi connectivity index (χ2n) is 17.5. The zero-order valence-corrected chi connectivity index (χ0v) is 42.5. The molecule has 9 N–H and O–H groups in total. The van der Waals surface area contributed by atoms with E-state index in [4.69, 9.17) is 0 Å². The van der Waals surface area contributed by atoms with Crippen molar-refractivity contribution in [1.82, 2.24) is 67.9 Å². The Labute approximate surface area is 432 Å². The van der Waals surface area contributed by atoms with Crippen LogP contribution in [0.5, 0.6) is 0 Å². The third-order valence-corrected chi connectivity index (χ3v) is 11.3. The van der Waals surface area contributed by atoms with Gasteiger partial charge < -0.3 is 79.8 Å². The number of carbonyl (C=O) groups excluding carboxylic acids is 9. The Morgan fingerprint density at radius 3 is 1.38 bits per heavy atom. The molecule has 29 heteroatoms. The van der Waals surface area contributed by atoms with Gasteiger partial charge in [0.1, 0.15) is 17.1 Å². The number of nitrogens with one attached hydrogen (secondary N) is 9. The molecule has 0 saturated carbocycles. The summed E-state index contributed by atoms with van der Waals surface area (Å²) in [5.74, 6) is -3.53. The predicted octanol–water partition coefficient (Wildman–Crippen LogP) is 1.06. The maximum Gasteiger partial charge on any atom is 0.291 e. The number of imidazole rings is 4. The molecule has 0 unspecified atom stereocenters. The minimum absolute atomic E-state index is 0.00877. The molecule has 0 aliphatic rings. The van der Waals surface area contributed by atoms with Gasteiger partial charge in [-0.25, -0.2) is 19.9 Å². The minimum atomic E-state index is -0.622. The molecule has 9 amide bonds. The summed E-state index contributed by atoms with van der Waals surface area (Å²) >= 11 is 0. The molecule has 0 aromatic carbocycles. The van der Waals surface area contributed by atoms with Crippen molar-refractivity contribution in [3.8, 4) is 0 Å². The number of carbonyl (C=O) groups is 9. The lowest BCUT2D eigenvalue weighted by atomic mass is 10.3. The number of anilines is 6. The first kappa shape index (κ1) is 53.7. The molecule has 0 saturated heterocycles. The maximum atomic E-state index is 13.2. The van der Waals surface area contributed by atoms with E-state index >= 15 is 0 Å². The number of rotatable bonds is 22. The molecule has 0 radical (unpaired) electrons. The van der Waals surface area contributed by atoms with Crippen molar-refractivity contribution in [2.45, 2.75) is 25.7 Å². The van der Waals surface area contributed by atoms with Crippen LogP contribution >= 0.6 is 0 Å². The summed E-state index contributed by atoms with van der Waals surface area (Å²) in [6, 6.07) is 4.48. The van der Waals surface area contributed by atoms with Gasteiger partial charge in [-0.05, 0) is 24.6 Å². The summed E-state index contributed by atoms with van der Waals surface area (Å²) in [4.78, 5) is 132. The molecule has 0 fully saturated rings. The van der Waals surface area contributed by atoms with Crippen LogP contribution in [0.25, 0.3) is 0 Å². The maximum absolute atomic E-state index is 13.2. The number of aryl methyl sites for hydroxylation is 7. The van der Waals surface area contributed by atoms with Crippen LogP contribution < -0.4 is 47.9 Å². The van der Waals surface area contributed by atoms with Gasteiger partial charge in [-0.3, -0.25) is 43.2 Å². The fourth-order valence-electron chi connectivity index (χ4n) is 7.59. The molecule has 7 aromatic heterocycles. The van der Waals surface area contributed by atoms with E-state index in [-0.39, 0.29) is 85.8 Å². The van der Waals surface area contributed by atoms with Gasteiger partial charge in [0, 0.05) is 138 Å². The zero-order chi connectivity index (χ0) is 54.8. The molecular weight excluding hydrogens is 989 g/mol. The summed E-state index contributed by atoms with van der Waals surface area (Å²) in [5.41, 5.74) is 1.83. The monoisotopic (exact) mass is 1040 g/mol. The Bertz CT molecular complexity index is 3360. The molecule has 0 spiro atoms. The van der Waals surface area contributed by atoms with E-state index in [0.717, 1.165) is 0 Å². The second kappa shape index (κ2) is 23.6. The number of hydrogen-bond acceptors (Lipinski definition) is 13. The number of aromatic nitrogens is 11. The van der Waals surface area contributed by atoms with Gasteiger partial charge in [0.05, 0.1) is 23.4 Å². The average molecular weight is 1050 g/mol. The van der Waals surface area contributed by atoms with Gasteiger partial charge in [-0.15, -0.1) is 0 Å². The molecule has 7 heterocycles. The highest BCUT2D eigenvalue weighted by molar-refractivity contribution is 6.06. The first-order chi connectivity index (χ1) is 36.2. The summed E-state index contributed by atoms with van der Waals surface area (Å²) in [5, 5.41) is 24.1. The molecule has 7 rings (SSSR count). The average Bonchev–Trinajstić information content (AvgIpc) is 4.25. The van der Waals surface area contributed by atoms with Crippen molar-refractivity contribution < 1.29 is 43.2 Å². The van der Waals surface area contributed by atoms with Gasteiger partial charge in [-0.1, -0.05) is 0 Å². The van der Waals surface area contributed by atoms with Crippen LogP contribution in [0, 0.1) is 0 Å². The van der Waals surface area contributed by atoms with Gasteiger partial charge in [0.25, 0.3) is 35.4 Å². The third-order valence-electron chi connectivity index (χ3n) is 11.3. The van der Waals surface area contributed by atoms with E-state index in [9.17, 15) is 43.2 Å². The van der Waals surface area contributed by atoms with Gasteiger partial charge in [0.15, 0.2) is 23.3 Å². The molecule has 0 aliphatic carbocycles. The summed E-state index contributed by atoms with van der Waals surface area (Å²) in [6.07, 6.45) is 14.0. The van der Waals surface area contributed by atoms with Crippen LogP contribution in [-0.4, -0.2) is 125 Å². The quantitative estimate of drug-likeness (QED) is 0.0430. The van der Waals surface area contributed by atoms with Gasteiger partial charge in [0.2, 0.25) is 29.4 Å². The topological polar surface area (TPSA) is 348 Å². The van der Waals surface area contributed by atoms with Crippen molar-refractivity contribution in [1.29, 1.82) is 0 Å². The van der Waals surface area contributed by atoms with Gasteiger partial charge >= 0.3 is 0 Å². The van der Waals surface area contributed by atoms with Crippen LogP contribution in [-0.2, 0) is 63.7 Å². The predicted molar refractivity (Wildman–Crippen MR) is 274 cm³/mol. The third kappa shape index (κ3) is 13.7. The van der Waals surface area contributed by atoms with E-state index in [0.29, 0.717) is 28.6 Å². The van der Waals surface area contributed by atoms with E-state index in [1.165, 1.54) is 61.3 Å². The molecular formula is C47H56N20O9. The standard InChI is InChI=1S/C47H56N20O9/c1-61-23-33(52-26-61)60-44(73)32-17-27(20-65(32)5)53-37(69)10-14-51-45(74)40-58-34(24-66(40)6)56-36(68)9-8-12-49-42(71)30-19-29(22-63(30)3)55-47(76)41-59-35(25-67(41)7)57-38(70)11-13-50-43(72)31-18-28(21-64(31)4)54-46(75)39-48-15-16-62(39)2/h15-26H,8-14H2,1-7H3,(H,49,71)(H,50,72)(H,51,74)(H,53,69)(H,54,75)(H,55,76)(H,56,68)(H,57,70)(H,60,73). The lowest BCUT2D eigenvalue weighted by molar-refractivity contribution is -0.117. The lowest BCUT2D eigenvalue weighted by Gasteiger charge is -2.06. The molecule has 76 heavy (non-hydrogen) atoms. The Morgan fingerprint density at radius 1 is 0.408 bits per heavy atom. The fraction of sp³-hybridized carbons (Fsp3) is 0.298. The molecule has 0 bridgehead atoms. The summed E-state index contributed by atoms with van der Waals surface area (Å²) in [7, 11) is 11.5. The molecule has 29 nitrogen and oxygen atoms in total. The first-order valence-electron chi connectivity index (χ1n) is 23.4. The highest BCUT2D eigenvalue weighted by Crippen LogP contribution is 2.18. The van der Waals surface area contributed by atoms with E-state index in [2.05, 4.69) is 67.8 Å². The highest BCUT2D eigenvalue weighted by Gasteiger charge is 2.22. The Balaban J connectivity index is 0.779. The molecule has 7 aromatic rings. The Hall–Kier alpha value is -10.1. The van der Waals surface area contributed by atoms with E-state index in [1.54, 1.807) is 94.1 Å². The van der Waals surface area contributed by atoms with Crippen LogP contribution in [0.4, 0.5) is 34.5 Å². The largest absolute Gasteiger partial charge is 0.351 e. The normalized spacial score (nSPS) is 10.9. The van der Waals surface area contributed by atoms with Crippen molar-refractivity contribution in [3.05, 3.63) is 109 Å². The number of hydrogen-bond donors (Lipinski definition) is 9. The van der Waals surface area contributed by atoms with Crippen LogP contribution in [0.1, 0.15) is 89.0 Å². The van der Waals surface area contributed by atoms with Crippen LogP contribution in [0.15, 0.2) is 74.1 Å². The van der Waals surface area contributed by atoms with Crippen molar-refractivity contribution in [2.75, 3.05) is 51.5 Å². The smallest absolute Gasteiger partial charge is 0.291 e. The first-order valence-corrected chi connectivity index (χ1v) is 23.4. The summed E-state index contributed by atoms with van der Waals surface area (Å²) < 4.78 is 10.7. The highest BCUT2D eigenvalue weighted by atomic mass is 16.2.